The van der Waals surface area contributed by atoms with Crippen molar-refractivity contribution >= 4 is 79.0 Å². The summed E-state index contributed by atoms with van der Waals surface area (Å²) in [7, 11) is 0. The van der Waals surface area contributed by atoms with Gasteiger partial charge in [0.2, 0.25) is 0 Å². The van der Waals surface area contributed by atoms with Crippen molar-refractivity contribution in [1.82, 2.24) is 30.2 Å². The van der Waals surface area contributed by atoms with Crippen LogP contribution in [0.15, 0.2) is 67.0 Å². The summed E-state index contributed by atoms with van der Waals surface area (Å²) < 4.78 is 0. The third-order valence-corrected chi connectivity index (χ3v) is 7.80. The van der Waals surface area contributed by atoms with Crippen molar-refractivity contribution in [3.8, 4) is 0 Å². The number of nitrogens with one attached hydrogen (secondary N) is 2. The first-order valence-electron chi connectivity index (χ1n) is 13.1. The number of hydrogen-bond acceptors (Lipinski definition) is 5. The van der Waals surface area contributed by atoms with Crippen LogP contribution in [0, 0.1) is 0 Å². The molecule has 6 nitrogen and oxygen atoms in total. The second-order valence-electron chi connectivity index (χ2n) is 10.0. The minimum absolute atomic E-state index is 0. The molecule has 10 heteroatoms. The number of aromatic amines is 1. The van der Waals surface area contributed by atoms with Crippen molar-refractivity contribution in [3.05, 3.63) is 89.8 Å². The number of benzene rings is 1. The van der Waals surface area contributed by atoms with Gasteiger partial charge in [-0.25, -0.2) is 4.98 Å². The lowest BCUT2D eigenvalue weighted by Crippen LogP contribution is -2.44. The van der Waals surface area contributed by atoms with Gasteiger partial charge in [-0.2, -0.15) is 0 Å². The van der Waals surface area contributed by atoms with E-state index in [1.54, 1.807) is 0 Å². The van der Waals surface area contributed by atoms with Crippen LogP contribution in [-0.2, 0) is 19.5 Å². The zero-order valence-electron chi connectivity index (χ0n) is 21.9. The van der Waals surface area contributed by atoms with Gasteiger partial charge in [0.15, 0.2) is 0 Å². The smallest absolute Gasteiger partial charge is 0.121 e. The van der Waals surface area contributed by atoms with Crippen molar-refractivity contribution in [2.24, 2.45) is 0 Å². The van der Waals surface area contributed by atoms with Crippen LogP contribution in [0.3, 0.4) is 0 Å². The molecule has 3 heterocycles. The molecule has 2 N–H and O–H groups in total. The van der Waals surface area contributed by atoms with Crippen LogP contribution in [0.1, 0.15) is 67.3 Å². The second kappa shape index (κ2) is 16.3. The monoisotopic (exact) mass is 786 g/mol. The molecule has 6 rings (SSSR count). The number of halogens is 4. The molecular formula is C29H38Br4N6. The molecule has 0 aliphatic heterocycles. The lowest BCUT2D eigenvalue weighted by Gasteiger charge is -2.42. The Morgan fingerprint density at radius 2 is 1.59 bits per heavy atom. The van der Waals surface area contributed by atoms with Gasteiger partial charge in [-0.3, -0.25) is 14.9 Å². The highest BCUT2D eigenvalue weighted by Gasteiger charge is 2.34. The predicted octanol–water partition coefficient (Wildman–Crippen LogP) is 7.65. The van der Waals surface area contributed by atoms with E-state index < -0.39 is 0 Å². The van der Waals surface area contributed by atoms with E-state index in [1.807, 2.05) is 18.5 Å². The molecule has 0 amide bonds. The van der Waals surface area contributed by atoms with E-state index in [4.69, 9.17) is 9.97 Å². The number of rotatable bonds is 7. The van der Waals surface area contributed by atoms with Gasteiger partial charge in [0.05, 0.1) is 35.0 Å². The number of nitrogens with zero attached hydrogens (tertiary/aromatic N) is 4. The van der Waals surface area contributed by atoms with Crippen molar-refractivity contribution in [2.75, 3.05) is 0 Å². The molecule has 1 atom stereocenters. The first-order chi connectivity index (χ1) is 17.3. The quantitative estimate of drug-likeness (QED) is 0.202. The Bertz CT molecular complexity index is 1230. The van der Waals surface area contributed by atoms with Gasteiger partial charge in [-0.1, -0.05) is 24.3 Å². The summed E-state index contributed by atoms with van der Waals surface area (Å²) in [6, 6.07) is 20.3. The summed E-state index contributed by atoms with van der Waals surface area (Å²) in [6.45, 7) is 1.69. The fourth-order valence-corrected chi connectivity index (χ4v) is 6.02. The highest BCUT2D eigenvalue weighted by Crippen LogP contribution is 2.38. The van der Waals surface area contributed by atoms with Crippen LogP contribution in [0.25, 0.3) is 11.0 Å². The Labute approximate surface area is 273 Å². The first-order valence-corrected chi connectivity index (χ1v) is 13.1. The van der Waals surface area contributed by atoms with E-state index in [2.05, 4.69) is 68.7 Å². The minimum atomic E-state index is 0. The molecule has 0 bridgehead atoms. The summed E-state index contributed by atoms with van der Waals surface area (Å²) in [5.41, 5.74) is 5.99. The number of pyridine rings is 2. The van der Waals surface area contributed by atoms with Crippen LogP contribution in [0.2, 0.25) is 0 Å². The van der Waals surface area contributed by atoms with E-state index in [0.717, 1.165) is 42.1 Å². The normalized spacial score (nSPS) is 20.1. The Kier molecular flexibility index (Phi) is 14.2. The molecule has 0 saturated heterocycles. The molecule has 1 aromatic carbocycles. The Morgan fingerprint density at radius 1 is 0.821 bits per heavy atom. The molecule has 0 radical (unpaired) electrons. The number of imidazole rings is 1. The Balaban J connectivity index is 0.00000133. The number of para-hydroxylation sites is 2. The number of fused-ring (bicyclic) bond motifs is 2. The van der Waals surface area contributed by atoms with Crippen LogP contribution >= 0.6 is 67.9 Å². The van der Waals surface area contributed by atoms with Gasteiger partial charge in [0.25, 0.3) is 0 Å². The van der Waals surface area contributed by atoms with Crippen LogP contribution in [-0.4, -0.2) is 36.9 Å². The largest absolute Gasteiger partial charge is 0.341 e. The summed E-state index contributed by atoms with van der Waals surface area (Å²) in [5.74, 6) is 1.06. The average molecular weight is 790 g/mol. The first kappa shape index (κ1) is 34.0. The number of aryl methyl sites for hydroxylation is 1. The molecule has 3 aromatic heterocycles. The SMILES string of the molecule is Br.Br.Br.Br.c1ccc(CNC2CCC(N(Cc3nc4ccccc4[nH]3)[C@H]3CCCc4cccnc43)CC2)nc1. The summed E-state index contributed by atoms with van der Waals surface area (Å²) >= 11 is 0. The molecule has 212 valence electrons. The molecule has 39 heavy (non-hydrogen) atoms. The lowest BCUT2D eigenvalue weighted by molar-refractivity contribution is 0.0728. The molecule has 2 aliphatic carbocycles. The number of hydrogen-bond donors (Lipinski definition) is 2. The second-order valence-corrected chi connectivity index (χ2v) is 10.0. The van der Waals surface area contributed by atoms with Crippen LogP contribution in [0.4, 0.5) is 0 Å². The minimum Gasteiger partial charge on any atom is -0.341 e. The van der Waals surface area contributed by atoms with Gasteiger partial charge in [0, 0.05) is 31.0 Å². The third-order valence-electron chi connectivity index (χ3n) is 7.80. The van der Waals surface area contributed by atoms with Crippen molar-refractivity contribution in [1.29, 1.82) is 0 Å². The van der Waals surface area contributed by atoms with E-state index in [1.165, 1.54) is 49.8 Å². The van der Waals surface area contributed by atoms with Gasteiger partial charge in [0.1, 0.15) is 5.82 Å². The molecule has 1 fully saturated rings. The van der Waals surface area contributed by atoms with Crippen molar-refractivity contribution in [2.45, 2.75) is 76.2 Å². The Hall–Kier alpha value is -1.17. The molecule has 4 aromatic rings. The summed E-state index contributed by atoms with van der Waals surface area (Å²) in [6.07, 6.45) is 12.1. The summed E-state index contributed by atoms with van der Waals surface area (Å²) in [4.78, 5) is 20.6. The highest BCUT2D eigenvalue weighted by molar-refractivity contribution is 8.93. The predicted molar refractivity (Wildman–Crippen MR) is 180 cm³/mol. The van der Waals surface area contributed by atoms with Crippen molar-refractivity contribution in [3.63, 3.8) is 0 Å². The highest BCUT2D eigenvalue weighted by atomic mass is 79.9. The van der Waals surface area contributed by atoms with Crippen LogP contribution in [0.5, 0.6) is 0 Å². The zero-order valence-corrected chi connectivity index (χ0v) is 28.7. The van der Waals surface area contributed by atoms with Gasteiger partial charge >= 0.3 is 0 Å². The maximum Gasteiger partial charge on any atom is 0.121 e. The maximum atomic E-state index is 4.94. The number of aromatic nitrogens is 4. The average Bonchev–Trinajstić information content (AvgIpc) is 3.34. The summed E-state index contributed by atoms with van der Waals surface area (Å²) in [5, 5.41) is 3.75. The Morgan fingerprint density at radius 3 is 2.36 bits per heavy atom. The molecule has 0 spiro atoms. The van der Waals surface area contributed by atoms with Gasteiger partial charge in [-0.05, 0) is 80.8 Å². The van der Waals surface area contributed by atoms with E-state index in [-0.39, 0.29) is 67.9 Å². The molecular weight excluding hydrogens is 752 g/mol. The topological polar surface area (TPSA) is 69.7 Å². The zero-order chi connectivity index (χ0) is 23.5. The molecule has 0 unspecified atom stereocenters. The maximum absolute atomic E-state index is 4.94. The van der Waals surface area contributed by atoms with Crippen LogP contribution < -0.4 is 5.32 Å². The van der Waals surface area contributed by atoms with E-state index in [0.29, 0.717) is 18.1 Å². The standard InChI is InChI=1S/C29H34N6.4BrH/c1-2-11-26-25(10-1)33-28(34-26)20-35(27-12-5-7-21-8-6-18-31-29(21)27)24-15-13-22(14-16-24)32-19-23-9-3-4-17-30-23;;;;/h1-4,6,8-11,17-18,22,24,27,32H,5,7,12-16,19-20H2,(H,33,34);4*1H/t22?,24?,27-;;;;/m0..../s1. The third kappa shape index (κ3) is 8.20. The van der Waals surface area contributed by atoms with Crippen molar-refractivity contribution < 1.29 is 0 Å². The van der Waals surface area contributed by atoms with Gasteiger partial charge in [-0.15, -0.1) is 67.9 Å². The van der Waals surface area contributed by atoms with Gasteiger partial charge < -0.3 is 10.3 Å². The van der Waals surface area contributed by atoms with E-state index >= 15 is 0 Å². The molecule has 1 saturated carbocycles. The number of H-pyrrole nitrogens is 1. The lowest BCUT2D eigenvalue weighted by atomic mass is 9.85. The fraction of sp³-hybridized carbons (Fsp3) is 0.414. The molecule has 2 aliphatic rings. The fourth-order valence-electron chi connectivity index (χ4n) is 6.02. The van der Waals surface area contributed by atoms with E-state index in [9.17, 15) is 0 Å².